The van der Waals surface area contributed by atoms with Crippen LogP contribution in [0.15, 0.2) is 47.1 Å². The molecule has 2 heterocycles. The molecule has 2 aromatic rings. The molecule has 0 unspecified atom stereocenters. The zero-order chi connectivity index (χ0) is 17.4. The van der Waals surface area contributed by atoms with Crippen LogP contribution in [0.1, 0.15) is 59.7 Å². The minimum Gasteiger partial charge on any atom is -0.481 e. The highest BCUT2D eigenvalue weighted by Gasteiger charge is 2.54. The number of carbonyl (C=O) groups is 2. The van der Waals surface area contributed by atoms with Crippen LogP contribution in [0, 0.1) is 0 Å². The van der Waals surface area contributed by atoms with E-state index < -0.39 is 17.4 Å². The van der Waals surface area contributed by atoms with E-state index in [0.717, 1.165) is 19.3 Å². The monoisotopic (exact) mass is 339 g/mol. The Morgan fingerprint density at radius 2 is 1.92 bits per heavy atom. The maximum absolute atomic E-state index is 13.3. The minimum absolute atomic E-state index is 0.0913. The van der Waals surface area contributed by atoms with Crippen LogP contribution in [0.3, 0.4) is 0 Å². The summed E-state index contributed by atoms with van der Waals surface area (Å²) in [5.74, 6) is -0.962. The first-order chi connectivity index (χ1) is 12.1. The lowest BCUT2D eigenvalue weighted by molar-refractivity contribution is -0.144. The smallest absolute Gasteiger partial charge is 0.313 e. The van der Waals surface area contributed by atoms with Crippen LogP contribution in [-0.2, 0) is 11.3 Å². The topological polar surface area (TPSA) is 70.8 Å². The van der Waals surface area contributed by atoms with Gasteiger partial charge in [-0.2, -0.15) is 0 Å². The van der Waals surface area contributed by atoms with Crippen LogP contribution in [0.2, 0.25) is 0 Å². The van der Waals surface area contributed by atoms with Crippen LogP contribution in [0.25, 0.3) is 0 Å². The Labute approximate surface area is 146 Å². The normalized spacial score (nSPS) is 22.0. The molecule has 4 rings (SSSR count). The molecule has 0 radical (unpaired) electrons. The molecule has 130 valence electrons. The van der Waals surface area contributed by atoms with Crippen LogP contribution < -0.4 is 0 Å². The molecule has 1 aromatic heterocycles. The van der Waals surface area contributed by atoms with Gasteiger partial charge in [-0.05, 0) is 36.6 Å². The summed E-state index contributed by atoms with van der Waals surface area (Å²) in [7, 11) is 0. The van der Waals surface area contributed by atoms with E-state index in [1.807, 2.05) is 12.1 Å². The van der Waals surface area contributed by atoms with Gasteiger partial charge in [0.15, 0.2) is 0 Å². The number of carbonyl (C=O) groups excluding carboxylic acids is 1. The Kier molecular flexibility index (Phi) is 3.86. The molecular formula is C20H21NO4. The summed E-state index contributed by atoms with van der Waals surface area (Å²) >= 11 is 0. The third-order valence-corrected chi connectivity index (χ3v) is 5.68. The molecule has 0 bridgehead atoms. The van der Waals surface area contributed by atoms with Gasteiger partial charge in [0.2, 0.25) is 0 Å². The number of amides is 1. The zero-order valence-corrected chi connectivity index (χ0v) is 14.0. The van der Waals surface area contributed by atoms with Crippen molar-refractivity contribution in [1.29, 1.82) is 0 Å². The number of nitrogens with zero attached hydrogens (tertiary/aromatic N) is 1. The molecule has 1 aliphatic carbocycles. The molecular weight excluding hydrogens is 318 g/mol. The minimum atomic E-state index is -0.855. The first-order valence-electron chi connectivity index (χ1n) is 8.79. The standard InChI is InChI=1S/C20H21NO4/c22-18-16-9-3-2-8-15(16)17(19(23)24)20(10-4-1-5-11-20)21(18)13-14-7-6-12-25-14/h2-3,6-9,12,17H,1,4-5,10-11,13H2,(H,23,24)/t17-/m0/s1. The van der Waals surface area contributed by atoms with E-state index in [-0.39, 0.29) is 5.91 Å². The summed E-state index contributed by atoms with van der Waals surface area (Å²) in [5, 5.41) is 10.1. The Bertz CT molecular complexity index is 790. The van der Waals surface area contributed by atoms with Gasteiger partial charge in [0.05, 0.1) is 18.3 Å². The Hall–Kier alpha value is -2.56. The van der Waals surface area contributed by atoms with Gasteiger partial charge in [-0.25, -0.2) is 0 Å². The number of carboxylic acid groups (broad SMARTS) is 1. The van der Waals surface area contributed by atoms with Crippen molar-refractivity contribution in [1.82, 2.24) is 4.90 Å². The maximum atomic E-state index is 13.3. The highest BCUT2D eigenvalue weighted by molar-refractivity contribution is 6.01. The molecule has 1 aliphatic heterocycles. The predicted octanol–water partition coefficient (Wildman–Crippen LogP) is 3.81. The lowest BCUT2D eigenvalue weighted by atomic mass is 9.65. The second-order valence-corrected chi connectivity index (χ2v) is 6.99. The lowest BCUT2D eigenvalue weighted by Gasteiger charge is -2.52. The Morgan fingerprint density at radius 1 is 1.16 bits per heavy atom. The summed E-state index contributed by atoms with van der Waals surface area (Å²) in [6.45, 7) is 0.309. The quantitative estimate of drug-likeness (QED) is 0.923. The Balaban J connectivity index is 1.88. The molecule has 1 N–H and O–H groups in total. The molecule has 1 atom stereocenters. The summed E-state index contributed by atoms with van der Waals surface area (Å²) in [4.78, 5) is 27.3. The van der Waals surface area contributed by atoms with Gasteiger partial charge in [-0.1, -0.05) is 37.5 Å². The van der Waals surface area contributed by atoms with Crippen molar-refractivity contribution in [2.45, 2.75) is 50.1 Å². The van der Waals surface area contributed by atoms with E-state index in [4.69, 9.17) is 4.42 Å². The molecule has 1 fully saturated rings. The van der Waals surface area contributed by atoms with Crippen molar-refractivity contribution in [2.24, 2.45) is 0 Å². The maximum Gasteiger partial charge on any atom is 0.313 e. The zero-order valence-electron chi connectivity index (χ0n) is 14.0. The Morgan fingerprint density at radius 3 is 2.60 bits per heavy atom. The van der Waals surface area contributed by atoms with Crippen molar-refractivity contribution in [3.05, 3.63) is 59.5 Å². The molecule has 1 saturated carbocycles. The van der Waals surface area contributed by atoms with Gasteiger partial charge >= 0.3 is 5.97 Å². The van der Waals surface area contributed by atoms with Gasteiger partial charge in [0.1, 0.15) is 11.7 Å². The van der Waals surface area contributed by atoms with Crippen LogP contribution in [-0.4, -0.2) is 27.4 Å². The number of benzene rings is 1. The number of rotatable bonds is 3. The van der Waals surface area contributed by atoms with Gasteiger partial charge in [-0.15, -0.1) is 0 Å². The number of aliphatic carboxylic acids is 1. The third-order valence-electron chi connectivity index (χ3n) is 5.68. The fourth-order valence-electron chi connectivity index (χ4n) is 4.61. The number of furan rings is 1. The number of hydrogen-bond acceptors (Lipinski definition) is 3. The fraction of sp³-hybridized carbons (Fsp3) is 0.400. The summed E-state index contributed by atoms with van der Waals surface area (Å²) in [6.07, 6.45) is 5.97. The highest BCUT2D eigenvalue weighted by atomic mass is 16.4. The third kappa shape index (κ3) is 2.46. The summed E-state index contributed by atoms with van der Waals surface area (Å²) < 4.78 is 5.46. The van der Waals surface area contributed by atoms with Crippen molar-refractivity contribution in [3.63, 3.8) is 0 Å². The molecule has 5 heteroatoms. The summed E-state index contributed by atoms with van der Waals surface area (Å²) in [5.41, 5.74) is 0.470. The predicted molar refractivity (Wildman–Crippen MR) is 91.2 cm³/mol. The van der Waals surface area contributed by atoms with Gasteiger partial charge in [0.25, 0.3) is 5.91 Å². The molecule has 1 aromatic carbocycles. The first-order valence-corrected chi connectivity index (χ1v) is 8.79. The molecule has 5 nitrogen and oxygen atoms in total. The average Bonchev–Trinajstić information content (AvgIpc) is 3.13. The van der Waals surface area contributed by atoms with Crippen LogP contribution in [0.4, 0.5) is 0 Å². The van der Waals surface area contributed by atoms with E-state index >= 15 is 0 Å². The molecule has 1 amide bonds. The van der Waals surface area contributed by atoms with Gasteiger partial charge < -0.3 is 14.4 Å². The molecule has 1 spiro atoms. The van der Waals surface area contributed by atoms with Crippen LogP contribution in [0.5, 0.6) is 0 Å². The molecule has 2 aliphatic rings. The number of carboxylic acids is 1. The first kappa shape index (κ1) is 15.9. The fourth-order valence-corrected chi connectivity index (χ4v) is 4.61. The SMILES string of the molecule is O=C(O)[C@@H]1c2ccccc2C(=O)N(Cc2ccco2)C12CCCCC2. The van der Waals surface area contributed by atoms with E-state index in [1.54, 1.807) is 35.4 Å². The van der Waals surface area contributed by atoms with E-state index in [9.17, 15) is 14.7 Å². The van der Waals surface area contributed by atoms with E-state index in [0.29, 0.717) is 36.3 Å². The average molecular weight is 339 g/mol. The van der Waals surface area contributed by atoms with Crippen molar-refractivity contribution in [2.75, 3.05) is 0 Å². The second-order valence-electron chi connectivity index (χ2n) is 6.99. The van der Waals surface area contributed by atoms with Gasteiger partial charge in [-0.3, -0.25) is 9.59 Å². The van der Waals surface area contributed by atoms with E-state index in [2.05, 4.69) is 0 Å². The second kappa shape index (κ2) is 6.06. The number of fused-ring (bicyclic) bond motifs is 1. The molecule has 0 saturated heterocycles. The van der Waals surface area contributed by atoms with Crippen molar-refractivity contribution < 1.29 is 19.1 Å². The summed E-state index contributed by atoms with van der Waals surface area (Å²) in [6, 6.07) is 10.8. The molecule has 25 heavy (non-hydrogen) atoms. The number of hydrogen-bond donors (Lipinski definition) is 1. The lowest BCUT2D eigenvalue weighted by Crippen LogP contribution is -2.60. The largest absolute Gasteiger partial charge is 0.481 e. The van der Waals surface area contributed by atoms with Gasteiger partial charge in [0, 0.05) is 5.56 Å². The van der Waals surface area contributed by atoms with E-state index in [1.165, 1.54) is 0 Å². The highest BCUT2D eigenvalue weighted by Crippen LogP contribution is 2.49. The van der Waals surface area contributed by atoms with Crippen molar-refractivity contribution in [3.8, 4) is 0 Å². The van der Waals surface area contributed by atoms with Crippen LogP contribution >= 0.6 is 0 Å². The van der Waals surface area contributed by atoms with Crippen molar-refractivity contribution >= 4 is 11.9 Å².